The first-order chi connectivity index (χ1) is 31.0. The highest BCUT2D eigenvalue weighted by Crippen LogP contribution is 2.56. The molecule has 1 aromatic heterocycles. The molecule has 11 rings (SSSR count). The number of aryl methyl sites for hydroxylation is 2. The Kier molecular flexibility index (Phi) is 9.81. The lowest BCUT2D eigenvalue weighted by atomic mass is 9.82. The van der Waals surface area contributed by atoms with Crippen molar-refractivity contribution in [1.82, 2.24) is 10.2 Å². The van der Waals surface area contributed by atoms with Crippen LogP contribution in [-0.2, 0) is 6.42 Å². The Bertz CT molecular complexity index is 3040. The minimum absolute atomic E-state index is 0.121. The number of rotatable bonds is 8. The van der Waals surface area contributed by atoms with Gasteiger partial charge in [0.15, 0.2) is 12.3 Å². The van der Waals surface area contributed by atoms with Gasteiger partial charge in [0.25, 0.3) is 0 Å². The highest BCUT2D eigenvalue weighted by atomic mass is 15.1. The number of hydrogen-bond acceptors (Lipinski definition) is 2. The lowest BCUT2D eigenvalue weighted by Crippen LogP contribution is -2.32. The van der Waals surface area contributed by atoms with Gasteiger partial charge in [0, 0.05) is 17.9 Å². The second-order valence-electron chi connectivity index (χ2n) is 17.1. The van der Waals surface area contributed by atoms with Crippen molar-refractivity contribution >= 4 is 11.4 Å². The summed E-state index contributed by atoms with van der Waals surface area (Å²) in [6.45, 7) is 7.55. The summed E-state index contributed by atoms with van der Waals surface area (Å²) in [5, 5.41) is 9.96. The molecule has 1 aliphatic carbocycles. The van der Waals surface area contributed by atoms with E-state index in [0.717, 1.165) is 24.4 Å². The zero-order valence-electron chi connectivity index (χ0n) is 36.0. The first kappa shape index (κ1) is 38.4. The molecule has 0 amide bonds. The summed E-state index contributed by atoms with van der Waals surface area (Å²) in [7, 11) is 0. The maximum Gasteiger partial charge on any atom is 0.234 e. The van der Waals surface area contributed by atoms with Gasteiger partial charge in [-0.05, 0) is 129 Å². The van der Waals surface area contributed by atoms with E-state index in [2.05, 4.69) is 226 Å². The fourth-order valence-electron chi connectivity index (χ4n) is 10.5. The Hall–Kier alpha value is -7.49. The van der Waals surface area contributed by atoms with Crippen LogP contribution >= 0.6 is 0 Å². The van der Waals surface area contributed by atoms with Crippen LogP contribution in [0.2, 0.25) is 0 Å². The van der Waals surface area contributed by atoms with Crippen molar-refractivity contribution in [3.05, 3.63) is 245 Å². The molecule has 0 saturated carbocycles. The molecule has 3 heteroatoms. The number of benzene rings is 8. The van der Waals surface area contributed by atoms with E-state index in [9.17, 15) is 0 Å². The zero-order chi connectivity index (χ0) is 42.4. The molecule has 3 nitrogen and oxygen atoms in total. The third-order valence-electron chi connectivity index (χ3n) is 13.4. The van der Waals surface area contributed by atoms with E-state index in [1.807, 2.05) is 0 Å². The average Bonchev–Trinajstić information content (AvgIpc) is 3.66. The lowest BCUT2D eigenvalue weighted by molar-refractivity contribution is -0.444. The largest absolute Gasteiger partial charge is 0.234 e. The van der Waals surface area contributed by atoms with Gasteiger partial charge in [-0.3, -0.25) is 0 Å². The summed E-state index contributed by atoms with van der Waals surface area (Å²) in [6, 6.07) is 73.5. The van der Waals surface area contributed by atoms with Crippen LogP contribution in [0.25, 0.3) is 55.6 Å². The highest BCUT2D eigenvalue weighted by Gasteiger charge is 2.41. The molecule has 0 N–H and O–H groups in total. The molecule has 0 radical (unpaired) electrons. The van der Waals surface area contributed by atoms with E-state index in [1.54, 1.807) is 0 Å². The van der Waals surface area contributed by atoms with E-state index >= 15 is 0 Å². The molecule has 2 heterocycles. The van der Waals surface area contributed by atoms with Crippen molar-refractivity contribution in [2.24, 2.45) is 0 Å². The van der Waals surface area contributed by atoms with Crippen molar-refractivity contribution in [2.45, 2.75) is 39.0 Å². The molecule has 0 spiro atoms. The first-order valence-electron chi connectivity index (χ1n) is 22.2. The Morgan fingerprint density at radius 2 is 0.857 bits per heavy atom. The van der Waals surface area contributed by atoms with Gasteiger partial charge in [0.2, 0.25) is 5.69 Å². The second kappa shape index (κ2) is 16.1. The predicted molar refractivity (Wildman–Crippen MR) is 260 cm³/mol. The van der Waals surface area contributed by atoms with Crippen LogP contribution < -0.4 is 0 Å². The van der Waals surface area contributed by atoms with Gasteiger partial charge in [-0.25, -0.2) is 0 Å². The van der Waals surface area contributed by atoms with Gasteiger partial charge in [-0.1, -0.05) is 170 Å². The van der Waals surface area contributed by atoms with Gasteiger partial charge in [0.05, 0.1) is 17.2 Å². The quantitative estimate of drug-likeness (QED) is 0.143. The number of fused-ring (bicyclic) bond motifs is 4. The summed E-state index contributed by atoms with van der Waals surface area (Å²) in [6.07, 6.45) is 0.941. The Morgan fingerprint density at radius 3 is 1.35 bits per heavy atom. The molecule has 63 heavy (non-hydrogen) atoms. The number of nitrogens with zero attached hydrogens (tertiary/aromatic N) is 3. The molecule has 1 atom stereocenters. The second-order valence-corrected chi connectivity index (χ2v) is 17.1. The average molecular weight is 811 g/mol. The third-order valence-corrected chi connectivity index (χ3v) is 13.4. The lowest BCUT2D eigenvalue weighted by Gasteiger charge is -2.26. The number of aromatic nitrogens is 2. The zero-order valence-corrected chi connectivity index (χ0v) is 36.0. The fourth-order valence-corrected chi connectivity index (χ4v) is 10.5. The van der Waals surface area contributed by atoms with Gasteiger partial charge in [-0.2, -0.15) is 9.67 Å². The summed E-state index contributed by atoms with van der Waals surface area (Å²) in [5.74, 6) is 0.0111. The minimum Gasteiger partial charge on any atom is -0.193 e. The summed E-state index contributed by atoms with van der Waals surface area (Å²) in [5.41, 5.74) is 24.4. The van der Waals surface area contributed by atoms with E-state index in [1.165, 1.54) is 100 Å². The smallest absolute Gasteiger partial charge is 0.193 e. The van der Waals surface area contributed by atoms with E-state index in [-0.39, 0.29) is 11.8 Å². The summed E-state index contributed by atoms with van der Waals surface area (Å²) in [4.78, 5) is 0. The molecule has 0 fully saturated rings. The third kappa shape index (κ3) is 6.72. The first-order valence-corrected chi connectivity index (χ1v) is 22.2. The topological polar surface area (TPSA) is 28.8 Å². The van der Waals surface area contributed by atoms with Crippen molar-refractivity contribution in [1.29, 1.82) is 0 Å². The van der Waals surface area contributed by atoms with Crippen LogP contribution in [0.1, 0.15) is 63.5 Å². The highest BCUT2D eigenvalue weighted by molar-refractivity contribution is 6.04. The summed E-state index contributed by atoms with van der Waals surface area (Å²) < 4.78 is 2.62. The van der Waals surface area contributed by atoms with Gasteiger partial charge >= 0.3 is 0 Å². The van der Waals surface area contributed by atoms with Crippen LogP contribution in [0.5, 0.6) is 0 Å². The van der Waals surface area contributed by atoms with Crippen LogP contribution in [0, 0.1) is 13.8 Å². The van der Waals surface area contributed by atoms with Crippen LogP contribution in [-0.4, -0.2) is 27.0 Å². The minimum atomic E-state index is -0.121. The monoisotopic (exact) mass is 810 g/mol. The molecule has 0 bridgehead atoms. The van der Waals surface area contributed by atoms with Gasteiger partial charge in [-0.15, -0.1) is 5.10 Å². The maximum atomic E-state index is 5.00. The Morgan fingerprint density at radius 1 is 0.444 bits per heavy atom. The van der Waals surface area contributed by atoms with Crippen molar-refractivity contribution in [3.8, 4) is 55.6 Å². The fraction of sp³-hybridized carbons (Fsp3) is 0.117. The SMILES string of the molecule is Cc1nnc(C)c([N+]2=C(C(C)c3ccccc3)c3ccccc3CC2)c1C1c2cc(-c3ccccc3)c(-c3ccccc3)cc2-c2cc(-c3ccccc3)c(-c3ccccc3)cc21. The van der Waals surface area contributed by atoms with Crippen LogP contribution in [0.4, 0.5) is 5.69 Å². The molecule has 1 aliphatic heterocycles. The van der Waals surface area contributed by atoms with E-state index in [4.69, 9.17) is 10.2 Å². The Balaban J connectivity index is 1.26. The van der Waals surface area contributed by atoms with E-state index in [0.29, 0.717) is 0 Å². The molecule has 0 saturated heterocycles. The van der Waals surface area contributed by atoms with Crippen LogP contribution in [0.15, 0.2) is 200 Å². The molecular formula is C60H48N3+. The molecule has 1 unspecified atom stereocenters. The van der Waals surface area contributed by atoms with E-state index < -0.39 is 0 Å². The molecule has 9 aromatic rings. The predicted octanol–water partition coefficient (Wildman–Crippen LogP) is 14.4. The molecule has 2 aliphatic rings. The maximum absolute atomic E-state index is 5.00. The van der Waals surface area contributed by atoms with Crippen molar-refractivity contribution < 1.29 is 4.58 Å². The van der Waals surface area contributed by atoms with Crippen molar-refractivity contribution in [2.75, 3.05) is 6.54 Å². The van der Waals surface area contributed by atoms with Crippen LogP contribution in [0.3, 0.4) is 0 Å². The molecule has 8 aromatic carbocycles. The normalized spacial score (nSPS) is 13.6. The van der Waals surface area contributed by atoms with Gasteiger partial charge in [0.1, 0.15) is 5.69 Å². The molecule has 302 valence electrons. The van der Waals surface area contributed by atoms with Crippen molar-refractivity contribution in [3.63, 3.8) is 0 Å². The Labute approximate surface area is 370 Å². The summed E-state index contributed by atoms with van der Waals surface area (Å²) >= 11 is 0. The standard InChI is InChI=1S/C60H48N3/c1-39(42-21-9-4-10-22-42)59-48-32-20-19-31-47(48)33-34-63(59)60-41(3)62-61-40(2)57(60)58-55-37-51(45-27-15-7-16-28-45)49(43-23-11-5-12-24-43)35-53(55)54-36-50(44-25-13-6-14-26-44)52(38-56(54)58)46-29-17-8-18-30-46/h4-32,35-39,58H,33-34H2,1-3H3/q+1. The number of hydrogen-bond donors (Lipinski definition) is 0. The molecular weight excluding hydrogens is 763 g/mol. The van der Waals surface area contributed by atoms with Gasteiger partial charge < -0.3 is 0 Å².